The van der Waals surface area contributed by atoms with Gasteiger partial charge in [0.25, 0.3) is 0 Å². The molecule has 24 heavy (non-hydrogen) atoms. The molecule has 2 atom stereocenters. The number of guanidine groups is 1. The molecule has 1 fully saturated rings. The number of nitrogens with one attached hydrogen (secondary N) is 2. The van der Waals surface area contributed by atoms with Gasteiger partial charge in [-0.05, 0) is 38.4 Å². The number of aliphatic imine (C=N–C) groups is 1. The van der Waals surface area contributed by atoms with Crippen molar-refractivity contribution in [1.29, 1.82) is 0 Å². The summed E-state index contributed by atoms with van der Waals surface area (Å²) in [6, 6.07) is 0.545. The van der Waals surface area contributed by atoms with E-state index < -0.39 is 0 Å². The van der Waals surface area contributed by atoms with Crippen molar-refractivity contribution in [2.45, 2.75) is 63.8 Å². The summed E-state index contributed by atoms with van der Waals surface area (Å²) in [5.41, 5.74) is 3.83. The average Bonchev–Trinajstić information content (AvgIpc) is 3.14. The van der Waals surface area contributed by atoms with Crippen LogP contribution in [0.1, 0.15) is 50.1 Å². The van der Waals surface area contributed by atoms with Crippen molar-refractivity contribution >= 4 is 41.7 Å². The zero-order chi connectivity index (χ0) is 16.8. The van der Waals surface area contributed by atoms with E-state index in [2.05, 4.69) is 40.8 Å². The Labute approximate surface area is 167 Å². The molecule has 1 aromatic heterocycles. The summed E-state index contributed by atoms with van der Waals surface area (Å²) in [5.74, 6) is 0.907. The predicted octanol–water partition coefficient (Wildman–Crippen LogP) is 3.11. The molecule has 0 bridgehead atoms. The molecule has 0 aromatic carbocycles. The zero-order valence-corrected chi connectivity index (χ0v) is 18.7. The van der Waals surface area contributed by atoms with Crippen LogP contribution in [0.25, 0.3) is 0 Å². The van der Waals surface area contributed by atoms with Crippen LogP contribution in [0, 0.1) is 0 Å². The lowest BCUT2D eigenvalue weighted by atomic mass is 10.1. The van der Waals surface area contributed by atoms with Crippen molar-refractivity contribution in [3.63, 3.8) is 0 Å². The van der Waals surface area contributed by atoms with Crippen molar-refractivity contribution in [1.82, 2.24) is 20.4 Å². The highest BCUT2D eigenvalue weighted by Crippen LogP contribution is 2.28. The standard InChI is InChI=1S/C17H31N5S.HI/c1-6-15-14(16(7-2)22(4)21-15)11-19-17(18-3)20-12-8-9-13(10-12)23-5;/h12-13H,6-11H2,1-5H3,(H2,18,19,20);1H. The molecule has 0 aliphatic heterocycles. The molecule has 1 aliphatic carbocycles. The molecule has 2 N–H and O–H groups in total. The van der Waals surface area contributed by atoms with Crippen molar-refractivity contribution in [3.05, 3.63) is 17.0 Å². The second kappa shape index (κ2) is 10.5. The van der Waals surface area contributed by atoms with Crippen LogP contribution in [0.5, 0.6) is 0 Å². The molecule has 0 amide bonds. The fourth-order valence-electron chi connectivity index (χ4n) is 3.44. The Morgan fingerprint density at radius 3 is 2.62 bits per heavy atom. The third-order valence-electron chi connectivity index (χ3n) is 4.74. The van der Waals surface area contributed by atoms with Crippen molar-refractivity contribution in [2.75, 3.05) is 13.3 Å². The molecule has 0 saturated heterocycles. The van der Waals surface area contributed by atoms with E-state index in [1.807, 2.05) is 30.5 Å². The number of halogens is 1. The first kappa shape index (κ1) is 21.6. The van der Waals surface area contributed by atoms with Crippen molar-refractivity contribution in [2.24, 2.45) is 12.0 Å². The molecule has 2 unspecified atom stereocenters. The molecule has 138 valence electrons. The number of aromatic nitrogens is 2. The van der Waals surface area contributed by atoms with Gasteiger partial charge in [0.1, 0.15) is 0 Å². The number of rotatable bonds is 6. The van der Waals surface area contributed by atoms with Crippen LogP contribution >= 0.6 is 35.7 Å². The maximum Gasteiger partial charge on any atom is 0.191 e. The number of thioether (sulfide) groups is 1. The Morgan fingerprint density at radius 2 is 2.08 bits per heavy atom. The Balaban J connectivity index is 0.00000288. The lowest BCUT2D eigenvalue weighted by Gasteiger charge is -2.17. The monoisotopic (exact) mass is 465 g/mol. The first-order valence-electron chi connectivity index (χ1n) is 8.66. The van der Waals surface area contributed by atoms with Crippen LogP contribution in [-0.2, 0) is 26.4 Å². The maximum absolute atomic E-state index is 4.64. The van der Waals surface area contributed by atoms with Gasteiger partial charge in [-0.15, -0.1) is 24.0 Å². The largest absolute Gasteiger partial charge is 0.354 e. The number of aryl methyl sites for hydroxylation is 2. The van der Waals surface area contributed by atoms with Gasteiger partial charge in [0.15, 0.2) is 5.96 Å². The Morgan fingerprint density at radius 1 is 1.33 bits per heavy atom. The fraction of sp³-hybridized carbons (Fsp3) is 0.765. The highest BCUT2D eigenvalue weighted by Gasteiger charge is 2.24. The first-order valence-corrected chi connectivity index (χ1v) is 9.95. The van der Waals surface area contributed by atoms with Gasteiger partial charge in [0.2, 0.25) is 0 Å². The molecule has 1 heterocycles. The lowest BCUT2D eigenvalue weighted by Crippen LogP contribution is -2.42. The van der Waals surface area contributed by atoms with E-state index in [-0.39, 0.29) is 24.0 Å². The summed E-state index contributed by atoms with van der Waals surface area (Å²) >= 11 is 1.98. The normalized spacial score (nSPS) is 20.8. The van der Waals surface area contributed by atoms with E-state index in [9.17, 15) is 0 Å². The molecule has 1 aromatic rings. The predicted molar refractivity (Wildman–Crippen MR) is 116 cm³/mol. The van der Waals surface area contributed by atoms with Crippen LogP contribution in [0.2, 0.25) is 0 Å². The van der Waals surface area contributed by atoms with Gasteiger partial charge in [-0.1, -0.05) is 13.8 Å². The van der Waals surface area contributed by atoms with Crippen LogP contribution < -0.4 is 10.6 Å². The van der Waals surface area contributed by atoms with E-state index >= 15 is 0 Å². The Bertz CT molecular complexity index is 543. The van der Waals surface area contributed by atoms with E-state index in [4.69, 9.17) is 0 Å². The van der Waals surface area contributed by atoms with Crippen molar-refractivity contribution in [3.8, 4) is 0 Å². The van der Waals surface area contributed by atoms with Gasteiger partial charge in [0, 0.05) is 43.2 Å². The third kappa shape index (κ3) is 5.28. The quantitative estimate of drug-likeness (QED) is 0.385. The third-order valence-corrected chi connectivity index (χ3v) is 5.84. The molecule has 0 radical (unpaired) electrons. The van der Waals surface area contributed by atoms with Gasteiger partial charge in [-0.25, -0.2) is 0 Å². The lowest BCUT2D eigenvalue weighted by molar-refractivity contribution is 0.614. The minimum atomic E-state index is 0. The number of hydrogen-bond acceptors (Lipinski definition) is 3. The van der Waals surface area contributed by atoms with Gasteiger partial charge < -0.3 is 10.6 Å². The maximum atomic E-state index is 4.64. The highest BCUT2D eigenvalue weighted by atomic mass is 127. The molecule has 2 rings (SSSR count). The molecular formula is C17H32IN5S. The van der Waals surface area contributed by atoms with Gasteiger partial charge in [0.05, 0.1) is 5.69 Å². The van der Waals surface area contributed by atoms with Crippen molar-refractivity contribution < 1.29 is 0 Å². The minimum absolute atomic E-state index is 0. The van der Waals surface area contributed by atoms with Gasteiger partial charge in [-0.3, -0.25) is 9.67 Å². The van der Waals surface area contributed by atoms with E-state index in [0.29, 0.717) is 6.04 Å². The molecular weight excluding hydrogens is 433 g/mol. The number of hydrogen-bond donors (Lipinski definition) is 2. The average molecular weight is 465 g/mol. The summed E-state index contributed by atoms with van der Waals surface area (Å²) in [4.78, 5) is 4.40. The molecule has 5 nitrogen and oxygen atoms in total. The Kier molecular flexibility index (Phi) is 9.48. The smallest absolute Gasteiger partial charge is 0.191 e. The summed E-state index contributed by atoms with van der Waals surface area (Å²) in [6.45, 7) is 5.14. The second-order valence-corrected chi connectivity index (χ2v) is 7.28. The first-order chi connectivity index (χ1) is 11.1. The summed E-state index contributed by atoms with van der Waals surface area (Å²) in [6.07, 6.45) is 7.95. The molecule has 1 aliphatic rings. The van der Waals surface area contributed by atoms with E-state index in [1.165, 1.54) is 36.2 Å². The highest BCUT2D eigenvalue weighted by molar-refractivity contribution is 14.0. The minimum Gasteiger partial charge on any atom is -0.354 e. The second-order valence-electron chi connectivity index (χ2n) is 6.14. The van der Waals surface area contributed by atoms with E-state index in [0.717, 1.165) is 30.6 Å². The van der Waals surface area contributed by atoms with Crippen LogP contribution in [-0.4, -0.2) is 40.3 Å². The zero-order valence-electron chi connectivity index (χ0n) is 15.6. The fourth-order valence-corrected chi connectivity index (χ4v) is 4.24. The summed E-state index contributed by atoms with van der Waals surface area (Å²) in [7, 11) is 3.89. The summed E-state index contributed by atoms with van der Waals surface area (Å²) in [5, 5.41) is 12.5. The topological polar surface area (TPSA) is 54.2 Å². The summed E-state index contributed by atoms with van der Waals surface area (Å²) < 4.78 is 2.02. The van der Waals surface area contributed by atoms with E-state index in [1.54, 1.807) is 0 Å². The van der Waals surface area contributed by atoms with Crippen LogP contribution in [0.15, 0.2) is 4.99 Å². The van der Waals surface area contributed by atoms with Gasteiger partial charge in [-0.2, -0.15) is 16.9 Å². The molecule has 1 saturated carbocycles. The molecule has 0 spiro atoms. The van der Waals surface area contributed by atoms with Crippen LogP contribution in [0.4, 0.5) is 0 Å². The molecule has 7 heteroatoms. The van der Waals surface area contributed by atoms with Crippen LogP contribution in [0.3, 0.4) is 0 Å². The Hall–Kier alpha value is -0.440. The van der Waals surface area contributed by atoms with Gasteiger partial charge >= 0.3 is 0 Å². The SMILES string of the molecule is CCc1nn(C)c(CC)c1CNC(=NC)NC1CCC(SC)C1.I. The number of nitrogens with zero attached hydrogens (tertiary/aromatic N) is 3.